The number of aliphatic hydroxyl groups excluding tert-OH is 1. The second-order valence-corrected chi connectivity index (χ2v) is 3.77. The third kappa shape index (κ3) is 4.23. The fourth-order valence-corrected chi connectivity index (χ4v) is 1.31. The quantitative estimate of drug-likeness (QED) is 0.649. The van der Waals surface area contributed by atoms with E-state index < -0.39 is 0 Å². The maximum Gasteiger partial charge on any atom is 0.0849 e. The third-order valence-corrected chi connectivity index (χ3v) is 2.44. The molecule has 0 spiro atoms. The van der Waals surface area contributed by atoms with Crippen LogP contribution in [0.5, 0.6) is 0 Å². The molecule has 0 atom stereocenters. The number of hydrogen-bond acceptors (Lipinski definition) is 2. The van der Waals surface area contributed by atoms with Gasteiger partial charge in [0, 0.05) is 5.71 Å². The Morgan fingerprint density at radius 3 is 2.69 bits per heavy atom. The summed E-state index contributed by atoms with van der Waals surface area (Å²) in [5.41, 5.74) is 1.93. The van der Waals surface area contributed by atoms with Crippen LogP contribution >= 0.6 is 0 Å². The zero-order valence-corrected chi connectivity index (χ0v) is 8.58. The van der Waals surface area contributed by atoms with Crippen molar-refractivity contribution in [2.45, 2.75) is 39.5 Å². The topological polar surface area (TPSA) is 32.6 Å². The fraction of sp³-hybridized carbons (Fsp3) is 0.727. The summed E-state index contributed by atoms with van der Waals surface area (Å²) < 4.78 is 0. The molecule has 0 aromatic rings. The van der Waals surface area contributed by atoms with E-state index in [1.54, 1.807) is 0 Å². The fourth-order valence-electron chi connectivity index (χ4n) is 1.31. The second-order valence-electron chi connectivity index (χ2n) is 3.77. The molecule has 1 N–H and O–H groups in total. The highest BCUT2D eigenvalue weighted by Crippen LogP contribution is 2.33. The van der Waals surface area contributed by atoms with Crippen LogP contribution in [0.4, 0.5) is 0 Å². The number of rotatable bonds is 5. The molecule has 0 saturated heterocycles. The lowest BCUT2D eigenvalue weighted by Crippen LogP contribution is -1.96. The average molecular weight is 181 g/mol. The van der Waals surface area contributed by atoms with Crippen molar-refractivity contribution in [2.75, 3.05) is 6.61 Å². The molecule has 2 heteroatoms. The van der Waals surface area contributed by atoms with Gasteiger partial charge in [0.15, 0.2) is 0 Å². The molecule has 0 aliphatic heterocycles. The van der Waals surface area contributed by atoms with Crippen LogP contribution in [0, 0.1) is 5.92 Å². The Balaban J connectivity index is 2.29. The summed E-state index contributed by atoms with van der Waals surface area (Å²) in [6.45, 7) is 4.00. The predicted molar refractivity (Wildman–Crippen MR) is 55.9 cm³/mol. The van der Waals surface area contributed by atoms with E-state index in [1.165, 1.54) is 19.3 Å². The van der Waals surface area contributed by atoms with Gasteiger partial charge in [-0.1, -0.05) is 18.9 Å². The normalized spacial score (nSPS) is 19.3. The summed E-state index contributed by atoms with van der Waals surface area (Å²) in [7, 11) is 0. The highest BCUT2D eigenvalue weighted by Gasteiger charge is 2.20. The molecule has 1 fully saturated rings. The van der Waals surface area contributed by atoms with Crippen LogP contribution in [0.2, 0.25) is 0 Å². The van der Waals surface area contributed by atoms with Gasteiger partial charge in [0.25, 0.3) is 0 Å². The minimum Gasteiger partial charge on any atom is -0.390 e. The van der Waals surface area contributed by atoms with E-state index in [0.29, 0.717) is 0 Å². The minimum atomic E-state index is 0.0528. The van der Waals surface area contributed by atoms with Gasteiger partial charge >= 0.3 is 0 Å². The molecule has 1 aliphatic carbocycles. The van der Waals surface area contributed by atoms with Crippen molar-refractivity contribution in [3.05, 3.63) is 11.8 Å². The van der Waals surface area contributed by atoms with E-state index in [1.807, 2.05) is 19.9 Å². The molecule has 0 amide bonds. The van der Waals surface area contributed by atoms with Crippen molar-refractivity contribution in [3.63, 3.8) is 0 Å². The molecular weight excluding hydrogens is 162 g/mol. The van der Waals surface area contributed by atoms with Gasteiger partial charge in [-0.2, -0.15) is 0 Å². The molecule has 74 valence electrons. The Labute approximate surface area is 80.4 Å². The van der Waals surface area contributed by atoms with E-state index in [4.69, 9.17) is 5.11 Å². The Bertz CT molecular complexity index is 214. The van der Waals surface area contributed by atoms with Gasteiger partial charge in [0.1, 0.15) is 0 Å². The van der Waals surface area contributed by atoms with Gasteiger partial charge in [-0.3, -0.25) is 4.99 Å². The summed E-state index contributed by atoms with van der Waals surface area (Å²) in [4.78, 5) is 4.34. The lowest BCUT2D eigenvalue weighted by molar-refractivity contribution is 0.329. The van der Waals surface area contributed by atoms with Crippen molar-refractivity contribution < 1.29 is 5.11 Å². The second kappa shape index (κ2) is 5.18. The highest BCUT2D eigenvalue weighted by molar-refractivity contribution is 5.82. The third-order valence-electron chi connectivity index (χ3n) is 2.44. The molecule has 1 rings (SSSR count). The van der Waals surface area contributed by atoms with Crippen LogP contribution in [-0.2, 0) is 0 Å². The molecule has 13 heavy (non-hydrogen) atoms. The van der Waals surface area contributed by atoms with Gasteiger partial charge in [0.05, 0.1) is 12.3 Å². The maximum atomic E-state index is 8.89. The van der Waals surface area contributed by atoms with Gasteiger partial charge < -0.3 is 5.11 Å². The Morgan fingerprint density at radius 2 is 2.23 bits per heavy atom. The molecule has 1 aliphatic rings. The van der Waals surface area contributed by atoms with Crippen molar-refractivity contribution in [3.8, 4) is 0 Å². The molecule has 0 aromatic heterocycles. The Hall–Kier alpha value is -0.630. The monoisotopic (exact) mass is 181 g/mol. The summed E-state index contributed by atoms with van der Waals surface area (Å²) >= 11 is 0. The van der Waals surface area contributed by atoms with Gasteiger partial charge in [-0.15, -0.1) is 0 Å². The van der Waals surface area contributed by atoms with E-state index in [-0.39, 0.29) is 6.61 Å². The summed E-state index contributed by atoms with van der Waals surface area (Å²) in [6.07, 6.45) is 7.04. The molecule has 1 saturated carbocycles. The summed E-state index contributed by atoms with van der Waals surface area (Å²) in [5.74, 6) is 0.966. The zero-order valence-electron chi connectivity index (χ0n) is 8.58. The largest absolute Gasteiger partial charge is 0.390 e. The van der Waals surface area contributed by atoms with Crippen LogP contribution in [0.15, 0.2) is 16.8 Å². The zero-order chi connectivity index (χ0) is 9.68. The van der Waals surface area contributed by atoms with E-state index in [2.05, 4.69) is 4.99 Å². The molecular formula is C11H19NO. The smallest absolute Gasteiger partial charge is 0.0849 e. The lowest BCUT2D eigenvalue weighted by Gasteiger charge is -2.00. The van der Waals surface area contributed by atoms with Crippen LogP contribution in [-0.4, -0.2) is 17.4 Å². The van der Waals surface area contributed by atoms with Gasteiger partial charge in [-0.05, 0) is 32.6 Å². The van der Waals surface area contributed by atoms with Crippen molar-refractivity contribution in [2.24, 2.45) is 10.9 Å². The number of nitrogens with zero attached hydrogens (tertiary/aromatic N) is 1. The van der Waals surface area contributed by atoms with E-state index in [0.717, 1.165) is 23.7 Å². The predicted octanol–water partition coefficient (Wildman–Crippen LogP) is 2.53. The highest BCUT2D eigenvalue weighted by atomic mass is 16.3. The molecule has 0 aromatic carbocycles. The van der Waals surface area contributed by atoms with Crippen molar-refractivity contribution in [1.29, 1.82) is 0 Å². The average Bonchev–Trinajstić information content (AvgIpc) is 2.94. The molecule has 0 radical (unpaired) electrons. The van der Waals surface area contributed by atoms with Crippen LogP contribution in [0.1, 0.15) is 39.5 Å². The standard InChI is InChI=1S/C11H19NO/c1-3-11(8-13)12-9(2)4-5-10-6-7-10/h3,10,13H,4-8H2,1-2H3/b11-3-,12-9?. The summed E-state index contributed by atoms with van der Waals surface area (Å²) in [6, 6.07) is 0. The number of hydrogen-bond donors (Lipinski definition) is 1. The van der Waals surface area contributed by atoms with Crippen LogP contribution in [0.25, 0.3) is 0 Å². The first kappa shape index (κ1) is 10.5. The molecule has 2 nitrogen and oxygen atoms in total. The van der Waals surface area contributed by atoms with E-state index >= 15 is 0 Å². The first-order valence-electron chi connectivity index (χ1n) is 5.06. The SMILES string of the molecule is C/C=C(/CO)N=C(C)CCC1CC1. The number of allylic oxidation sites excluding steroid dienone is 1. The van der Waals surface area contributed by atoms with Gasteiger partial charge in [-0.25, -0.2) is 0 Å². The minimum absolute atomic E-state index is 0.0528. The van der Waals surface area contributed by atoms with Gasteiger partial charge in [0.2, 0.25) is 0 Å². The van der Waals surface area contributed by atoms with Crippen molar-refractivity contribution in [1.82, 2.24) is 0 Å². The first-order valence-corrected chi connectivity index (χ1v) is 5.06. The first-order chi connectivity index (χ1) is 6.26. The Kier molecular flexibility index (Phi) is 4.16. The molecule has 0 bridgehead atoms. The molecule has 0 heterocycles. The number of aliphatic hydroxyl groups is 1. The molecule has 0 unspecified atom stereocenters. The lowest BCUT2D eigenvalue weighted by atomic mass is 10.1. The van der Waals surface area contributed by atoms with Crippen LogP contribution in [0.3, 0.4) is 0 Å². The number of aliphatic imine (C=N–C) groups is 1. The van der Waals surface area contributed by atoms with Crippen LogP contribution < -0.4 is 0 Å². The van der Waals surface area contributed by atoms with E-state index in [9.17, 15) is 0 Å². The maximum absolute atomic E-state index is 8.89. The summed E-state index contributed by atoms with van der Waals surface area (Å²) in [5, 5.41) is 8.89. The Morgan fingerprint density at radius 1 is 1.54 bits per heavy atom. The van der Waals surface area contributed by atoms with Crippen molar-refractivity contribution >= 4 is 5.71 Å².